The van der Waals surface area contributed by atoms with Crippen molar-refractivity contribution in [1.29, 1.82) is 0 Å². The summed E-state index contributed by atoms with van der Waals surface area (Å²) in [6.07, 6.45) is 4.57. The van der Waals surface area contributed by atoms with Gasteiger partial charge in [0.05, 0.1) is 11.5 Å². The topological polar surface area (TPSA) is 49.4 Å². The molecule has 0 aromatic rings. The fraction of sp³-hybridized carbons (Fsp3) is 1.00. The lowest BCUT2D eigenvalue weighted by Crippen LogP contribution is -2.48. The smallest absolute Gasteiger partial charge is 0.151 e. The Morgan fingerprint density at radius 3 is 2.71 bits per heavy atom. The van der Waals surface area contributed by atoms with E-state index in [1.165, 1.54) is 19.3 Å². The van der Waals surface area contributed by atoms with Gasteiger partial charge in [0.2, 0.25) is 0 Å². The summed E-state index contributed by atoms with van der Waals surface area (Å²) < 4.78 is 23.5. The van der Waals surface area contributed by atoms with Crippen molar-refractivity contribution >= 4 is 9.84 Å². The molecule has 1 aliphatic heterocycles. The quantitative estimate of drug-likeness (QED) is 0.861. The van der Waals surface area contributed by atoms with Gasteiger partial charge in [-0.3, -0.25) is 0 Å². The highest BCUT2D eigenvalue weighted by molar-refractivity contribution is 7.91. The van der Waals surface area contributed by atoms with Gasteiger partial charge >= 0.3 is 0 Å². The van der Waals surface area contributed by atoms with E-state index >= 15 is 0 Å². The van der Waals surface area contributed by atoms with Crippen LogP contribution in [0.1, 0.15) is 46.5 Å². The molecule has 2 unspecified atom stereocenters. The summed E-state index contributed by atoms with van der Waals surface area (Å²) in [5, 5.41) is 3.65. The number of nitrogens with one attached hydrogen (secondary N) is 1. The van der Waals surface area contributed by atoms with E-state index in [-0.39, 0.29) is 0 Å². The van der Waals surface area contributed by atoms with Crippen LogP contribution in [0.25, 0.3) is 0 Å². The Balaban J connectivity index is 1.97. The van der Waals surface area contributed by atoms with Gasteiger partial charge in [0.25, 0.3) is 0 Å². The van der Waals surface area contributed by atoms with Crippen molar-refractivity contribution in [3.8, 4) is 0 Å². The van der Waals surface area contributed by atoms with Crippen molar-refractivity contribution in [2.45, 2.75) is 52.5 Å². The monoisotopic (exact) mass is 316 g/mol. The summed E-state index contributed by atoms with van der Waals surface area (Å²) in [6, 6.07) is 0.600. The highest BCUT2D eigenvalue weighted by Gasteiger charge is 2.35. The van der Waals surface area contributed by atoms with Gasteiger partial charge in [0, 0.05) is 19.1 Å². The zero-order valence-electron chi connectivity index (χ0n) is 13.9. The Morgan fingerprint density at radius 2 is 2.00 bits per heavy atom. The Kier molecular flexibility index (Phi) is 5.71. The minimum absolute atomic E-state index is 0.342. The first kappa shape index (κ1) is 17.2. The van der Waals surface area contributed by atoms with E-state index in [9.17, 15) is 8.42 Å². The van der Waals surface area contributed by atoms with Gasteiger partial charge in [-0.2, -0.15) is 0 Å². The molecule has 0 amide bonds. The lowest BCUT2D eigenvalue weighted by Gasteiger charge is -2.43. The molecule has 1 saturated heterocycles. The fourth-order valence-corrected chi connectivity index (χ4v) is 5.27. The summed E-state index contributed by atoms with van der Waals surface area (Å²) in [5.41, 5.74) is 0.425. The zero-order valence-corrected chi connectivity index (χ0v) is 14.7. The lowest BCUT2D eigenvalue weighted by molar-refractivity contribution is 0.103. The van der Waals surface area contributed by atoms with Crippen LogP contribution in [-0.4, -0.2) is 57.0 Å². The number of hydrogen-bond donors (Lipinski definition) is 1. The Bertz CT molecular complexity index is 434. The van der Waals surface area contributed by atoms with E-state index in [1.54, 1.807) is 0 Å². The summed E-state index contributed by atoms with van der Waals surface area (Å²) in [6.45, 7) is 10.7. The maximum absolute atomic E-state index is 11.7. The van der Waals surface area contributed by atoms with E-state index < -0.39 is 9.84 Å². The number of rotatable bonds is 4. The molecule has 4 nitrogen and oxygen atoms in total. The van der Waals surface area contributed by atoms with E-state index in [1.807, 2.05) is 0 Å². The molecule has 2 aliphatic rings. The SMILES string of the molecule is CCNC1CCC(C)(C)CC1CN1CCCS(=O)(=O)CC1. The normalized spacial score (nSPS) is 33.5. The number of hydrogen-bond acceptors (Lipinski definition) is 4. The van der Waals surface area contributed by atoms with Gasteiger partial charge in [-0.25, -0.2) is 8.42 Å². The van der Waals surface area contributed by atoms with E-state index in [4.69, 9.17) is 0 Å². The summed E-state index contributed by atoms with van der Waals surface area (Å²) in [7, 11) is -2.80. The molecule has 2 atom stereocenters. The van der Waals surface area contributed by atoms with Crippen LogP contribution in [0.2, 0.25) is 0 Å². The Morgan fingerprint density at radius 1 is 1.24 bits per heavy atom. The molecule has 1 N–H and O–H groups in total. The Labute approximate surface area is 130 Å². The molecule has 5 heteroatoms. The fourth-order valence-electron chi connectivity index (χ4n) is 3.96. The zero-order chi connectivity index (χ0) is 15.5. The van der Waals surface area contributed by atoms with E-state index in [0.29, 0.717) is 28.9 Å². The van der Waals surface area contributed by atoms with Crippen LogP contribution < -0.4 is 5.32 Å². The minimum Gasteiger partial charge on any atom is -0.314 e. The van der Waals surface area contributed by atoms with Gasteiger partial charge in [0.15, 0.2) is 9.84 Å². The standard InChI is InChI=1S/C16H32N2O2S/c1-4-17-15-6-7-16(2,3)12-14(15)13-18-8-5-10-21(19,20)11-9-18/h14-15,17H,4-13H2,1-3H3. The van der Waals surface area contributed by atoms with Crippen molar-refractivity contribution in [2.24, 2.45) is 11.3 Å². The first-order valence-corrected chi connectivity index (χ1v) is 10.3. The van der Waals surface area contributed by atoms with Crippen molar-refractivity contribution < 1.29 is 8.42 Å². The van der Waals surface area contributed by atoms with Gasteiger partial charge < -0.3 is 10.2 Å². The second-order valence-electron chi connectivity index (χ2n) is 7.64. The molecule has 0 aromatic carbocycles. The van der Waals surface area contributed by atoms with Crippen LogP contribution in [0.5, 0.6) is 0 Å². The third-order valence-electron chi connectivity index (χ3n) is 5.12. The van der Waals surface area contributed by atoms with Gasteiger partial charge in [-0.1, -0.05) is 20.8 Å². The first-order valence-electron chi connectivity index (χ1n) is 8.47. The van der Waals surface area contributed by atoms with Crippen LogP contribution in [0.15, 0.2) is 0 Å². The predicted octanol–water partition coefficient (Wildman–Crippen LogP) is 1.91. The summed E-state index contributed by atoms with van der Waals surface area (Å²) in [4.78, 5) is 2.39. The largest absolute Gasteiger partial charge is 0.314 e. The summed E-state index contributed by atoms with van der Waals surface area (Å²) in [5.74, 6) is 1.36. The molecule has 1 heterocycles. The van der Waals surface area contributed by atoms with Gasteiger partial charge in [0.1, 0.15) is 0 Å². The van der Waals surface area contributed by atoms with Crippen molar-refractivity contribution in [1.82, 2.24) is 10.2 Å². The molecule has 124 valence electrons. The van der Waals surface area contributed by atoms with Crippen molar-refractivity contribution in [3.05, 3.63) is 0 Å². The average molecular weight is 317 g/mol. The maximum Gasteiger partial charge on any atom is 0.151 e. The molecule has 2 fully saturated rings. The predicted molar refractivity (Wildman–Crippen MR) is 88.3 cm³/mol. The first-order chi connectivity index (χ1) is 9.81. The number of nitrogens with zero attached hydrogens (tertiary/aromatic N) is 1. The molecule has 21 heavy (non-hydrogen) atoms. The van der Waals surface area contributed by atoms with E-state index in [2.05, 4.69) is 31.0 Å². The van der Waals surface area contributed by atoms with Gasteiger partial charge in [-0.15, -0.1) is 0 Å². The van der Waals surface area contributed by atoms with Crippen LogP contribution in [0, 0.1) is 11.3 Å². The molecule has 0 spiro atoms. The second-order valence-corrected chi connectivity index (χ2v) is 9.94. The molecular weight excluding hydrogens is 284 g/mol. The molecular formula is C16H32N2O2S. The molecule has 0 aromatic heterocycles. The molecule has 2 rings (SSSR count). The minimum atomic E-state index is -2.80. The highest BCUT2D eigenvalue weighted by Crippen LogP contribution is 2.39. The summed E-state index contributed by atoms with van der Waals surface area (Å²) >= 11 is 0. The van der Waals surface area contributed by atoms with Gasteiger partial charge in [-0.05, 0) is 50.1 Å². The third-order valence-corrected chi connectivity index (χ3v) is 6.84. The van der Waals surface area contributed by atoms with Crippen LogP contribution in [0.3, 0.4) is 0 Å². The van der Waals surface area contributed by atoms with E-state index in [0.717, 1.165) is 32.6 Å². The highest BCUT2D eigenvalue weighted by atomic mass is 32.2. The lowest BCUT2D eigenvalue weighted by atomic mass is 9.69. The molecule has 1 saturated carbocycles. The maximum atomic E-state index is 11.7. The van der Waals surface area contributed by atoms with Crippen molar-refractivity contribution in [2.75, 3.05) is 37.7 Å². The van der Waals surface area contributed by atoms with Crippen LogP contribution in [-0.2, 0) is 9.84 Å². The Hall–Kier alpha value is -0.130. The van der Waals surface area contributed by atoms with Crippen LogP contribution in [0.4, 0.5) is 0 Å². The average Bonchev–Trinajstić information content (AvgIpc) is 2.54. The van der Waals surface area contributed by atoms with Crippen molar-refractivity contribution in [3.63, 3.8) is 0 Å². The third kappa shape index (κ3) is 5.22. The van der Waals surface area contributed by atoms with Crippen LogP contribution >= 0.6 is 0 Å². The molecule has 1 aliphatic carbocycles. The number of sulfone groups is 1. The molecule has 0 radical (unpaired) electrons. The molecule has 0 bridgehead atoms. The second kappa shape index (κ2) is 6.97.